The van der Waals surface area contributed by atoms with Crippen LogP contribution in [0.25, 0.3) is 0 Å². The summed E-state index contributed by atoms with van der Waals surface area (Å²) in [5.41, 5.74) is -1.13. The molecule has 0 fully saturated rings. The van der Waals surface area contributed by atoms with Crippen molar-refractivity contribution in [2.45, 2.75) is 19.6 Å². The summed E-state index contributed by atoms with van der Waals surface area (Å²) in [6.07, 6.45) is -4.05. The summed E-state index contributed by atoms with van der Waals surface area (Å²) in [6, 6.07) is 2.58. The first-order valence-corrected chi connectivity index (χ1v) is 7.57. The molecule has 8 nitrogen and oxygen atoms in total. The van der Waals surface area contributed by atoms with Crippen LogP contribution in [0, 0.1) is 0 Å². The molecule has 0 bridgehead atoms. The predicted molar refractivity (Wildman–Crippen MR) is 85.8 cm³/mol. The second kappa shape index (κ2) is 8.04. The Bertz CT molecular complexity index is 809. The van der Waals surface area contributed by atoms with Gasteiger partial charge < -0.3 is 10.1 Å². The zero-order valence-electron chi connectivity index (χ0n) is 13.3. The van der Waals surface area contributed by atoms with Gasteiger partial charge in [-0.2, -0.15) is 13.2 Å². The van der Waals surface area contributed by atoms with Crippen LogP contribution in [-0.2, 0) is 22.3 Å². The Balaban J connectivity index is 2.01. The summed E-state index contributed by atoms with van der Waals surface area (Å²) >= 11 is 5.81. The summed E-state index contributed by atoms with van der Waals surface area (Å²) in [7, 11) is 0. The number of nitrogens with zero attached hydrogens (tertiary/aromatic N) is 3. The number of hydrogen-bond acceptors (Lipinski definition) is 5. The minimum atomic E-state index is -4.57. The van der Waals surface area contributed by atoms with Gasteiger partial charge in [0.1, 0.15) is 6.54 Å². The lowest BCUT2D eigenvalue weighted by Gasteiger charge is -2.11. The number of rotatable bonds is 5. The van der Waals surface area contributed by atoms with Gasteiger partial charge in [0.15, 0.2) is 5.82 Å². The second-order valence-electron chi connectivity index (χ2n) is 4.89. The van der Waals surface area contributed by atoms with Gasteiger partial charge in [-0.05, 0) is 25.1 Å². The first kappa shape index (κ1) is 19.5. The van der Waals surface area contributed by atoms with Crippen LogP contribution >= 0.6 is 11.6 Å². The molecular weight excluding hydrogens is 379 g/mol. The number of benzene rings is 1. The van der Waals surface area contributed by atoms with Crippen LogP contribution in [0.15, 0.2) is 24.4 Å². The van der Waals surface area contributed by atoms with Crippen LogP contribution in [0.2, 0.25) is 5.02 Å². The Labute approximate surface area is 150 Å². The third-order valence-electron chi connectivity index (χ3n) is 2.92. The van der Waals surface area contributed by atoms with Crippen molar-refractivity contribution in [3.05, 3.63) is 35.0 Å². The quantitative estimate of drug-likeness (QED) is 0.815. The number of anilines is 2. The highest BCUT2D eigenvalue weighted by Crippen LogP contribution is 2.33. The fourth-order valence-corrected chi connectivity index (χ4v) is 2.00. The maximum Gasteiger partial charge on any atom is 0.416 e. The fraction of sp³-hybridized carbons (Fsp3) is 0.286. The van der Waals surface area contributed by atoms with Crippen LogP contribution in [0.4, 0.5) is 29.5 Å². The molecule has 0 spiro atoms. The van der Waals surface area contributed by atoms with Gasteiger partial charge in [0.05, 0.1) is 29.1 Å². The van der Waals surface area contributed by atoms with Gasteiger partial charge in [-0.1, -0.05) is 16.8 Å². The average Bonchev–Trinajstić information content (AvgIpc) is 2.95. The molecule has 1 heterocycles. The highest BCUT2D eigenvalue weighted by atomic mass is 35.5. The van der Waals surface area contributed by atoms with Gasteiger partial charge in [0, 0.05) is 0 Å². The molecule has 140 valence electrons. The lowest BCUT2D eigenvalue weighted by Crippen LogP contribution is -2.20. The lowest BCUT2D eigenvalue weighted by molar-refractivity contribution is -0.137. The van der Waals surface area contributed by atoms with E-state index < -0.39 is 23.7 Å². The van der Waals surface area contributed by atoms with E-state index in [2.05, 4.69) is 25.7 Å². The highest BCUT2D eigenvalue weighted by molar-refractivity contribution is 6.33. The Hall–Kier alpha value is -2.82. The van der Waals surface area contributed by atoms with E-state index in [1.165, 1.54) is 6.20 Å². The Morgan fingerprint density at radius 2 is 2.04 bits per heavy atom. The van der Waals surface area contributed by atoms with Gasteiger partial charge in [-0.15, -0.1) is 5.10 Å². The number of alkyl halides is 3. The first-order chi connectivity index (χ1) is 12.2. The molecule has 1 aromatic carbocycles. The molecule has 0 saturated carbocycles. The zero-order chi connectivity index (χ0) is 19.3. The minimum Gasteiger partial charge on any atom is -0.450 e. The molecule has 2 aromatic rings. The van der Waals surface area contributed by atoms with Gasteiger partial charge in [-0.3, -0.25) is 10.1 Å². The van der Waals surface area contributed by atoms with Gasteiger partial charge in [0.2, 0.25) is 5.91 Å². The van der Waals surface area contributed by atoms with Gasteiger partial charge in [-0.25, -0.2) is 9.48 Å². The largest absolute Gasteiger partial charge is 0.450 e. The third kappa shape index (κ3) is 5.34. The monoisotopic (exact) mass is 391 g/mol. The molecule has 0 radical (unpaired) electrons. The number of ether oxygens (including phenoxy) is 1. The van der Waals surface area contributed by atoms with E-state index in [0.717, 1.165) is 22.9 Å². The van der Waals surface area contributed by atoms with Gasteiger partial charge >= 0.3 is 12.3 Å². The van der Waals surface area contributed by atoms with E-state index in [1.807, 2.05) is 0 Å². The molecule has 0 atom stereocenters. The first-order valence-electron chi connectivity index (χ1n) is 7.19. The minimum absolute atomic E-state index is 0.0467. The van der Waals surface area contributed by atoms with Crippen LogP contribution in [-0.4, -0.2) is 33.6 Å². The number of halogens is 4. The van der Waals surface area contributed by atoms with E-state index in [4.69, 9.17) is 11.6 Å². The summed E-state index contributed by atoms with van der Waals surface area (Å²) in [5.74, 6) is -0.632. The van der Waals surface area contributed by atoms with Crippen LogP contribution < -0.4 is 10.6 Å². The van der Waals surface area contributed by atoms with E-state index in [-0.39, 0.29) is 29.7 Å². The molecule has 2 amide bonds. The summed E-state index contributed by atoms with van der Waals surface area (Å²) in [6.45, 7) is 1.43. The number of hydrogen-bond donors (Lipinski definition) is 2. The van der Waals surface area contributed by atoms with E-state index in [9.17, 15) is 22.8 Å². The van der Waals surface area contributed by atoms with Crippen molar-refractivity contribution >= 4 is 35.1 Å². The Kier molecular flexibility index (Phi) is 6.03. The van der Waals surface area contributed by atoms with Crippen LogP contribution in [0.1, 0.15) is 12.5 Å². The van der Waals surface area contributed by atoms with Crippen molar-refractivity contribution in [2.24, 2.45) is 0 Å². The molecule has 2 rings (SSSR count). The second-order valence-corrected chi connectivity index (χ2v) is 5.29. The average molecular weight is 392 g/mol. The summed E-state index contributed by atoms with van der Waals surface area (Å²) < 4.78 is 43.9. The lowest BCUT2D eigenvalue weighted by atomic mass is 10.2. The van der Waals surface area contributed by atoms with Crippen molar-refractivity contribution < 1.29 is 27.5 Å². The fourth-order valence-electron chi connectivity index (χ4n) is 1.84. The van der Waals surface area contributed by atoms with Crippen molar-refractivity contribution in [3.8, 4) is 0 Å². The molecule has 0 aliphatic heterocycles. The molecular formula is C14H13ClF3N5O3. The molecule has 0 aliphatic carbocycles. The molecule has 0 unspecified atom stereocenters. The standard InChI is InChI=1S/C14H13ClF3N5O3/c1-2-26-13(25)20-11-6-23(22-21-11)7-12(24)19-10-5-8(14(16,17)18)3-4-9(10)15/h3-6H,2,7H2,1H3,(H,19,24)(H,20,25). The smallest absolute Gasteiger partial charge is 0.416 e. The van der Waals surface area contributed by atoms with E-state index >= 15 is 0 Å². The number of nitrogens with one attached hydrogen (secondary N) is 2. The number of carbonyl (C=O) groups excluding carboxylic acids is 2. The maximum absolute atomic E-state index is 12.7. The number of carbonyl (C=O) groups is 2. The Morgan fingerprint density at radius 1 is 1.31 bits per heavy atom. The van der Waals surface area contributed by atoms with E-state index in [1.54, 1.807) is 6.92 Å². The molecule has 2 N–H and O–H groups in total. The topological polar surface area (TPSA) is 98.1 Å². The van der Waals surface area contributed by atoms with Crippen LogP contribution in [0.5, 0.6) is 0 Å². The molecule has 0 saturated heterocycles. The summed E-state index contributed by atoms with van der Waals surface area (Å²) in [4.78, 5) is 23.2. The summed E-state index contributed by atoms with van der Waals surface area (Å²) in [5, 5.41) is 11.7. The molecule has 26 heavy (non-hydrogen) atoms. The Morgan fingerprint density at radius 3 is 2.69 bits per heavy atom. The predicted octanol–water partition coefficient (Wildman–Crippen LogP) is 3.16. The number of amides is 2. The van der Waals surface area contributed by atoms with Crippen molar-refractivity contribution in [2.75, 3.05) is 17.2 Å². The third-order valence-corrected chi connectivity index (χ3v) is 3.25. The normalized spacial score (nSPS) is 11.1. The molecule has 12 heteroatoms. The highest BCUT2D eigenvalue weighted by Gasteiger charge is 2.31. The van der Waals surface area contributed by atoms with Crippen molar-refractivity contribution in [1.82, 2.24) is 15.0 Å². The van der Waals surface area contributed by atoms with Crippen molar-refractivity contribution in [3.63, 3.8) is 0 Å². The zero-order valence-corrected chi connectivity index (χ0v) is 14.1. The maximum atomic E-state index is 12.7. The SMILES string of the molecule is CCOC(=O)Nc1cn(CC(=O)Nc2cc(C(F)(F)F)ccc2Cl)nn1. The van der Waals surface area contributed by atoms with Crippen molar-refractivity contribution in [1.29, 1.82) is 0 Å². The number of aromatic nitrogens is 3. The molecule has 1 aromatic heterocycles. The molecule has 0 aliphatic rings. The van der Waals surface area contributed by atoms with Crippen LogP contribution in [0.3, 0.4) is 0 Å². The van der Waals surface area contributed by atoms with E-state index in [0.29, 0.717) is 0 Å². The van der Waals surface area contributed by atoms with Gasteiger partial charge in [0.25, 0.3) is 0 Å².